The average Bonchev–Trinajstić information content (AvgIpc) is 2.44. The maximum absolute atomic E-state index is 11.7. The number of nitrogens with one attached hydrogen (secondary N) is 1. The van der Waals surface area contributed by atoms with Crippen LogP contribution in [-0.2, 0) is 16.1 Å². The van der Waals surface area contributed by atoms with Gasteiger partial charge in [0.2, 0.25) is 5.91 Å². The van der Waals surface area contributed by atoms with Crippen molar-refractivity contribution in [2.24, 2.45) is 0 Å². The second-order valence-corrected chi connectivity index (χ2v) is 4.81. The van der Waals surface area contributed by atoms with E-state index in [4.69, 9.17) is 0 Å². The van der Waals surface area contributed by atoms with Crippen molar-refractivity contribution in [1.29, 1.82) is 0 Å². The minimum Gasteiger partial charge on any atom is -0.481 e. The molecule has 5 heteroatoms. The summed E-state index contributed by atoms with van der Waals surface area (Å²) in [4.78, 5) is 25.0. The fourth-order valence-corrected chi connectivity index (χ4v) is 2.52. The van der Waals surface area contributed by atoms with Crippen LogP contribution in [-0.4, -0.2) is 41.5 Å². The van der Waals surface area contributed by atoms with E-state index in [-0.39, 0.29) is 11.9 Å². The first-order valence-corrected chi connectivity index (χ1v) is 6.31. The van der Waals surface area contributed by atoms with Crippen LogP contribution in [0.2, 0.25) is 0 Å². The molecule has 1 aromatic rings. The lowest BCUT2D eigenvalue weighted by Gasteiger charge is -2.35. The summed E-state index contributed by atoms with van der Waals surface area (Å²) >= 11 is 0. The Morgan fingerprint density at radius 3 is 2.74 bits per heavy atom. The van der Waals surface area contributed by atoms with E-state index in [0.717, 1.165) is 11.1 Å². The summed E-state index contributed by atoms with van der Waals surface area (Å²) in [6.45, 7) is 2.77. The molecule has 5 nitrogen and oxygen atoms in total. The molecular weight excluding hydrogens is 244 g/mol. The molecule has 2 unspecified atom stereocenters. The Hall–Kier alpha value is -1.88. The molecule has 19 heavy (non-hydrogen) atoms. The van der Waals surface area contributed by atoms with E-state index in [2.05, 4.69) is 5.32 Å². The highest BCUT2D eigenvalue weighted by molar-refractivity contribution is 5.82. The van der Waals surface area contributed by atoms with Crippen molar-refractivity contribution >= 4 is 11.9 Å². The Balaban J connectivity index is 2.30. The lowest BCUT2D eigenvalue weighted by atomic mass is 9.89. The maximum Gasteiger partial charge on any atom is 0.312 e. The van der Waals surface area contributed by atoms with Crippen molar-refractivity contribution < 1.29 is 14.7 Å². The Morgan fingerprint density at radius 1 is 1.42 bits per heavy atom. The number of likely N-dealkylation sites (N-methyl/N-ethyl adjacent to an activating group) is 1. The number of amides is 1. The summed E-state index contributed by atoms with van der Waals surface area (Å²) < 4.78 is 0. The SMILES string of the molecule is CNC(=O)C(C)N1Cc2ccccc2C(C(=O)O)C1. The van der Waals surface area contributed by atoms with E-state index in [1.165, 1.54) is 0 Å². The van der Waals surface area contributed by atoms with E-state index in [9.17, 15) is 14.7 Å². The van der Waals surface area contributed by atoms with Crippen LogP contribution in [0.1, 0.15) is 24.0 Å². The lowest BCUT2D eigenvalue weighted by Crippen LogP contribution is -2.48. The van der Waals surface area contributed by atoms with Gasteiger partial charge in [-0.2, -0.15) is 0 Å². The largest absolute Gasteiger partial charge is 0.481 e. The van der Waals surface area contributed by atoms with Crippen LogP contribution < -0.4 is 5.32 Å². The quantitative estimate of drug-likeness (QED) is 0.845. The molecule has 0 fully saturated rings. The van der Waals surface area contributed by atoms with Gasteiger partial charge in [0.15, 0.2) is 0 Å². The van der Waals surface area contributed by atoms with Gasteiger partial charge in [0.25, 0.3) is 0 Å². The molecule has 1 heterocycles. The fraction of sp³-hybridized carbons (Fsp3) is 0.429. The molecule has 0 saturated carbocycles. The third-order valence-electron chi connectivity index (χ3n) is 3.69. The molecule has 0 aromatic heterocycles. The summed E-state index contributed by atoms with van der Waals surface area (Å²) in [6.07, 6.45) is 0. The first kappa shape index (κ1) is 13.5. The molecule has 1 aliphatic heterocycles. The minimum absolute atomic E-state index is 0.0940. The summed E-state index contributed by atoms with van der Waals surface area (Å²) in [6, 6.07) is 7.20. The van der Waals surface area contributed by atoms with Gasteiger partial charge >= 0.3 is 5.97 Å². The van der Waals surface area contributed by atoms with Crippen LogP contribution in [0.15, 0.2) is 24.3 Å². The van der Waals surface area contributed by atoms with Crippen LogP contribution >= 0.6 is 0 Å². The van der Waals surface area contributed by atoms with Gasteiger partial charge in [0.05, 0.1) is 12.0 Å². The zero-order chi connectivity index (χ0) is 14.0. The standard InChI is InChI=1S/C14H18N2O3/c1-9(13(17)15-2)16-7-10-5-3-4-6-11(10)12(8-16)14(18)19/h3-6,9,12H,7-8H2,1-2H3,(H,15,17)(H,18,19). The minimum atomic E-state index is -0.846. The van der Waals surface area contributed by atoms with Crippen molar-refractivity contribution in [1.82, 2.24) is 10.2 Å². The molecule has 0 radical (unpaired) electrons. The van der Waals surface area contributed by atoms with Gasteiger partial charge in [-0.15, -0.1) is 0 Å². The first-order chi connectivity index (χ1) is 9.04. The molecule has 0 saturated heterocycles. The number of carboxylic acid groups (broad SMARTS) is 1. The molecule has 1 amide bonds. The Labute approximate surface area is 112 Å². The second kappa shape index (κ2) is 5.40. The summed E-state index contributed by atoms with van der Waals surface area (Å²) in [5.41, 5.74) is 1.84. The van der Waals surface area contributed by atoms with Crippen molar-refractivity contribution in [2.45, 2.75) is 25.4 Å². The smallest absolute Gasteiger partial charge is 0.312 e. The van der Waals surface area contributed by atoms with Crippen LogP contribution in [0.5, 0.6) is 0 Å². The van der Waals surface area contributed by atoms with Gasteiger partial charge in [0.1, 0.15) is 0 Å². The zero-order valence-corrected chi connectivity index (χ0v) is 11.1. The van der Waals surface area contributed by atoms with Crippen LogP contribution in [0.3, 0.4) is 0 Å². The maximum atomic E-state index is 11.7. The molecule has 0 bridgehead atoms. The molecule has 0 spiro atoms. The average molecular weight is 262 g/mol. The van der Waals surface area contributed by atoms with E-state index in [0.29, 0.717) is 13.1 Å². The van der Waals surface area contributed by atoms with Gasteiger partial charge < -0.3 is 10.4 Å². The van der Waals surface area contributed by atoms with Gasteiger partial charge in [-0.25, -0.2) is 0 Å². The lowest BCUT2D eigenvalue weighted by molar-refractivity contribution is -0.140. The number of carbonyl (C=O) groups excluding carboxylic acids is 1. The number of hydrogen-bond donors (Lipinski definition) is 2. The van der Waals surface area contributed by atoms with Crippen LogP contribution in [0.25, 0.3) is 0 Å². The number of carbonyl (C=O) groups is 2. The molecule has 1 aliphatic rings. The Morgan fingerprint density at radius 2 is 2.11 bits per heavy atom. The van der Waals surface area contributed by atoms with E-state index in [1.807, 2.05) is 29.2 Å². The molecule has 2 N–H and O–H groups in total. The molecule has 0 aliphatic carbocycles. The number of carboxylic acids is 1. The number of rotatable bonds is 3. The molecule has 102 valence electrons. The monoisotopic (exact) mass is 262 g/mol. The Kier molecular flexibility index (Phi) is 3.85. The highest BCUT2D eigenvalue weighted by Gasteiger charge is 2.33. The highest BCUT2D eigenvalue weighted by Crippen LogP contribution is 2.29. The first-order valence-electron chi connectivity index (χ1n) is 6.31. The molecule has 2 atom stereocenters. The number of nitrogens with zero attached hydrogens (tertiary/aromatic N) is 1. The predicted octanol–water partition coefficient (Wildman–Crippen LogP) is 0.805. The predicted molar refractivity (Wildman–Crippen MR) is 70.8 cm³/mol. The van der Waals surface area contributed by atoms with Gasteiger partial charge in [0, 0.05) is 20.1 Å². The highest BCUT2D eigenvalue weighted by atomic mass is 16.4. The van der Waals surface area contributed by atoms with Crippen LogP contribution in [0.4, 0.5) is 0 Å². The third-order valence-corrected chi connectivity index (χ3v) is 3.69. The summed E-state index contributed by atoms with van der Waals surface area (Å²) in [5.74, 6) is -1.51. The second-order valence-electron chi connectivity index (χ2n) is 4.81. The fourth-order valence-electron chi connectivity index (χ4n) is 2.52. The van der Waals surface area contributed by atoms with Crippen molar-refractivity contribution in [3.05, 3.63) is 35.4 Å². The van der Waals surface area contributed by atoms with E-state index < -0.39 is 11.9 Å². The Bertz CT molecular complexity index is 501. The van der Waals surface area contributed by atoms with Crippen molar-refractivity contribution in [2.75, 3.05) is 13.6 Å². The number of fused-ring (bicyclic) bond motifs is 1. The summed E-state index contributed by atoms with van der Waals surface area (Å²) in [7, 11) is 1.59. The number of hydrogen-bond acceptors (Lipinski definition) is 3. The van der Waals surface area contributed by atoms with E-state index >= 15 is 0 Å². The van der Waals surface area contributed by atoms with Crippen molar-refractivity contribution in [3.63, 3.8) is 0 Å². The number of aliphatic carboxylic acids is 1. The van der Waals surface area contributed by atoms with Crippen LogP contribution in [0, 0.1) is 0 Å². The normalized spacial score (nSPS) is 20.4. The third kappa shape index (κ3) is 2.61. The molecule has 1 aromatic carbocycles. The van der Waals surface area contributed by atoms with E-state index in [1.54, 1.807) is 14.0 Å². The zero-order valence-electron chi connectivity index (χ0n) is 11.1. The van der Waals surface area contributed by atoms with Crippen molar-refractivity contribution in [3.8, 4) is 0 Å². The van der Waals surface area contributed by atoms with Gasteiger partial charge in [-0.05, 0) is 18.1 Å². The molecule has 2 rings (SSSR count). The topological polar surface area (TPSA) is 69.6 Å². The van der Waals surface area contributed by atoms with Gasteiger partial charge in [-0.1, -0.05) is 24.3 Å². The molecular formula is C14H18N2O3. The van der Waals surface area contributed by atoms with Gasteiger partial charge in [-0.3, -0.25) is 14.5 Å². The number of benzene rings is 1. The summed E-state index contributed by atoms with van der Waals surface area (Å²) in [5, 5.41) is 12.0.